The molecule has 2 aliphatic rings. The van der Waals surface area contributed by atoms with Crippen LogP contribution in [-0.4, -0.2) is 53.5 Å². The molecule has 3 atom stereocenters. The Kier molecular flexibility index (Phi) is 14.7. The van der Waals surface area contributed by atoms with Gasteiger partial charge in [-0.15, -0.1) is 0 Å². The van der Waals surface area contributed by atoms with E-state index in [1.54, 1.807) is 0 Å². The molecule has 234 valence electrons. The second kappa shape index (κ2) is 18.2. The second-order valence-corrected chi connectivity index (χ2v) is 13.2. The third-order valence-electron chi connectivity index (χ3n) is 8.89. The van der Waals surface area contributed by atoms with Gasteiger partial charge in [0, 0.05) is 19.2 Å². The monoisotopic (exact) mass is 580 g/mol. The molecule has 0 unspecified atom stereocenters. The molecule has 2 saturated carbocycles. The van der Waals surface area contributed by atoms with Crippen molar-refractivity contribution in [3.63, 3.8) is 0 Å². The lowest BCUT2D eigenvalue weighted by Gasteiger charge is -2.33. The van der Waals surface area contributed by atoms with Crippen molar-refractivity contribution >= 4 is 23.9 Å². The lowest BCUT2D eigenvalue weighted by molar-refractivity contribution is -0.153. The van der Waals surface area contributed by atoms with Gasteiger partial charge in [-0.05, 0) is 55.4 Å². The maximum Gasteiger partial charge on any atom is 0.247 e. The lowest BCUT2D eigenvalue weighted by Crippen LogP contribution is -2.58. The number of carbonyl (C=O) groups is 3. The molecule has 3 rings (SSSR count). The molecule has 2 aliphatic carbocycles. The van der Waals surface area contributed by atoms with Crippen LogP contribution in [0.3, 0.4) is 0 Å². The van der Waals surface area contributed by atoms with Crippen molar-refractivity contribution in [3.8, 4) is 0 Å². The Morgan fingerprint density at radius 3 is 2.19 bits per heavy atom. The molecule has 1 aromatic rings. The van der Waals surface area contributed by atoms with E-state index < -0.39 is 18.0 Å². The zero-order valence-corrected chi connectivity index (χ0v) is 26.4. The Morgan fingerprint density at radius 2 is 1.60 bits per heavy atom. The average Bonchev–Trinajstić information content (AvgIpc) is 2.98. The Morgan fingerprint density at radius 1 is 0.976 bits per heavy atom. The molecular weight excluding hydrogens is 524 g/mol. The van der Waals surface area contributed by atoms with Crippen molar-refractivity contribution < 1.29 is 14.4 Å². The van der Waals surface area contributed by atoms with E-state index in [9.17, 15) is 14.4 Å². The predicted octanol–water partition coefficient (Wildman–Crippen LogP) is 6.23. The highest BCUT2D eigenvalue weighted by molar-refractivity contribution is 6.02. The minimum absolute atomic E-state index is 0.0504. The van der Waals surface area contributed by atoms with Gasteiger partial charge in [0.2, 0.25) is 17.7 Å². The molecule has 0 aromatic heterocycles. The Balaban J connectivity index is 1.80. The van der Waals surface area contributed by atoms with E-state index in [1.165, 1.54) is 69.1 Å². The van der Waals surface area contributed by atoms with Gasteiger partial charge in [-0.1, -0.05) is 109 Å². The number of carbonyl (C=O) groups excluding carboxylic acids is 3. The topological polar surface area (TPSA) is 105 Å². The van der Waals surface area contributed by atoms with Gasteiger partial charge in [-0.25, -0.2) is 0 Å². The Hall–Kier alpha value is -2.54. The lowest BCUT2D eigenvalue weighted by atomic mass is 9.85. The summed E-state index contributed by atoms with van der Waals surface area (Å²) in [5.74, 6) is 0.138. The van der Waals surface area contributed by atoms with E-state index in [-0.39, 0.29) is 30.2 Å². The highest BCUT2D eigenvalue weighted by atomic mass is 16.2. The maximum absolute atomic E-state index is 14.0. The summed E-state index contributed by atoms with van der Waals surface area (Å²) in [5.41, 5.74) is 7.34. The third kappa shape index (κ3) is 11.3. The molecule has 0 radical (unpaired) electrons. The first-order valence-corrected chi connectivity index (χ1v) is 16.7. The zero-order valence-electron chi connectivity index (χ0n) is 26.4. The number of nitrogens with one attached hydrogen (secondary N) is 1. The van der Waals surface area contributed by atoms with Gasteiger partial charge in [0.25, 0.3) is 0 Å². The van der Waals surface area contributed by atoms with Gasteiger partial charge in [0.15, 0.2) is 0 Å². The van der Waals surface area contributed by atoms with E-state index in [2.05, 4.69) is 5.32 Å². The molecule has 0 spiro atoms. The van der Waals surface area contributed by atoms with Crippen LogP contribution >= 0.6 is 0 Å². The fraction of sp³-hybridized carbons (Fsp3) is 0.714. The summed E-state index contributed by atoms with van der Waals surface area (Å²) in [5, 5.41) is 3.24. The van der Waals surface area contributed by atoms with Gasteiger partial charge in [-0.2, -0.15) is 0 Å². The Labute approximate surface area is 254 Å². The van der Waals surface area contributed by atoms with Crippen LogP contribution in [0.4, 0.5) is 0 Å². The number of aliphatic imine (C=N–C) groups is 1. The van der Waals surface area contributed by atoms with Gasteiger partial charge in [0.1, 0.15) is 6.04 Å². The van der Waals surface area contributed by atoms with Crippen molar-refractivity contribution in [1.82, 2.24) is 10.2 Å². The van der Waals surface area contributed by atoms with E-state index in [0.717, 1.165) is 18.5 Å². The number of nitrogens with zero attached hydrogens (tertiary/aromatic N) is 2. The molecule has 0 saturated heterocycles. The van der Waals surface area contributed by atoms with E-state index >= 15 is 0 Å². The van der Waals surface area contributed by atoms with Gasteiger partial charge >= 0.3 is 0 Å². The molecule has 7 heteroatoms. The first-order chi connectivity index (χ1) is 20.3. The van der Waals surface area contributed by atoms with Crippen LogP contribution in [0.2, 0.25) is 0 Å². The van der Waals surface area contributed by atoms with E-state index in [1.807, 2.05) is 57.3 Å². The van der Waals surface area contributed by atoms with Crippen molar-refractivity contribution in [1.29, 1.82) is 0 Å². The van der Waals surface area contributed by atoms with Crippen molar-refractivity contribution in [2.24, 2.45) is 28.5 Å². The van der Waals surface area contributed by atoms with Gasteiger partial charge in [-0.3, -0.25) is 24.3 Å². The zero-order chi connectivity index (χ0) is 30.3. The quantitative estimate of drug-likeness (QED) is 0.240. The summed E-state index contributed by atoms with van der Waals surface area (Å²) in [4.78, 5) is 47.4. The predicted molar refractivity (Wildman–Crippen MR) is 171 cm³/mol. The summed E-state index contributed by atoms with van der Waals surface area (Å²) in [6, 6.07) is 7.56. The van der Waals surface area contributed by atoms with Gasteiger partial charge in [0.05, 0.1) is 12.1 Å². The second-order valence-electron chi connectivity index (χ2n) is 13.2. The Bertz CT molecular complexity index is 983. The van der Waals surface area contributed by atoms with Crippen LogP contribution in [0.1, 0.15) is 116 Å². The summed E-state index contributed by atoms with van der Waals surface area (Å²) in [7, 11) is 0. The molecule has 3 amide bonds. The van der Waals surface area contributed by atoms with E-state index in [0.29, 0.717) is 31.1 Å². The van der Waals surface area contributed by atoms with Crippen LogP contribution < -0.4 is 11.1 Å². The normalized spacial score (nSPS) is 19.0. The van der Waals surface area contributed by atoms with Crippen LogP contribution in [0.5, 0.6) is 0 Å². The maximum atomic E-state index is 14.0. The standard InChI is InChI=1S/C35H56N4O3/c1-4-14-32(39(33(40)21-26(2)3)35(42)31(36)23-28-17-10-6-11-18-28)34(41)38-30(22-27-15-8-5-9-16-27)25-37-24-29-19-12-7-13-20-29/h6,10-11,17-18,25-27,29-32H,4-5,7-9,12-16,19-24,36H2,1-3H3,(H,38,41)/t30-,31-,32-/m0/s1. The number of imide groups is 1. The number of hydrogen-bond donors (Lipinski definition) is 2. The van der Waals surface area contributed by atoms with Crippen molar-refractivity contribution in [3.05, 3.63) is 35.9 Å². The average molecular weight is 581 g/mol. The van der Waals surface area contributed by atoms with E-state index in [4.69, 9.17) is 10.7 Å². The fourth-order valence-corrected chi connectivity index (χ4v) is 6.61. The van der Waals surface area contributed by atoms with Crippen LogP contribution in [-0.2, 0) is 20.8 Å². The molecule has 0 bridgehead atoms. The van der Waals surface area contributed by atoms with Crippen LogP contribution in [0.25, 0.3) is 0 Å². The van der Waals surface area contributed by atoms with Crippen LogP contribution in [0, 0.1) is 17.8 Å². The molecule has 42 heavy (non-hydrogen) atoms. The first-order valence-electron chi connectivity index (χ1n) is 16.7. The summed E-state index contributed by atoms with van der Waals surface area (Å²) >= 11 is 0. The number of rotatable bonds is 15. The first kappa shape index (κ1) is 34.0. The highest BCUT2D eigenvalue weighted by Gasteiger charge is 2.37. The number of hydrogen-bond acceptors (Lipinski definition) is 5. The summed E-state index contributed by atoms with van der Waals surface area (Å²) in [6.07, 6.45) is 16.8. The highest BCUT2D eigenvalue weighted by Crippen LogP contribution is 2.28. The minimum atomic E-state index is -0.911. The molecule has 7 nitrogen and oxygen atoms in total. The molecule has 0 aliphatic heterocycles. The molecule has 1 aromatic carbocycles. The van der Waals surface area contributed by atoms with Crippen molar-refractivity contribution in [2.75, 3.05) is 6.54 Å². The van der Waals surface area contributed by atoms with Crippen molar-refractivity contribution in [2.45, 2.75) is 135 Å². The minimum Gasteiger partial charge on any atom is -0.347 e. The molecule has 3 N–H and O–H groups in total. The summed E-state index contributed by atoms with van der Waals surface area (Å²) in [6.45, 7) is 6.68. The largest absolute Gasteiger partial charge is 0.347 e. The third-order valence-corrected chi connectivity index (χ3v) is 8.89. The smallest absolute Gasteiger partial charge is 0.247 e. The van der Waals surface area contributed by atoms with Crippen LogP contribution in [0.15, 0.2) is 35.3 Å². The number of benzene rings is 1. The van der Waals surface area contributed by atoms with Gasteiger partial charge < -0.3 is 11.1 Å². The number of nitrogens with two attached hydrogens (primary N) is 1. The summed E-state index contributed by atoms with van der Waals surface area (Å²) < 4.78 is 0. The SMILES string of the molecule is CCC[C@@H](C(=O)N[C@H](C=NCC1CCCCC1)CC1CCCCC1)N(C(=O)CC(C)C)C(=O)[C@@H](N)Cc1ccccc1. The molecular formula is C35H56N4O3. The number of amides is 3. The fourth-order valence-electron chi connectivity index (χ4n) is 6.61. The molecule has 2 fully saturated rings. The molecule has 0 heterocycles.